The van der Waals surface area contributed by atoms with Crippen LogP contribution in [-0.4, -0.2) is 70.8 Å². The van der Waals surface area contributed by atoms with Gasteiger partial charge in [-0.25, -0.2) is 9.37 Å². The molecule has 1 amide bonds. The Kier molecular flexibility index (Phi) is 6.81. The van der Waals surface area contributed by atoms with Gasteiger partial charge >= 0.3 is 0 Å². The van der Waals surface area contributed by atoms with Crippen LogP contribution in [-0.2, 0) is 0 Å². The zero-order valence-electron chi connectivity index (χ0n) is 20.0. The Labute approximate surface area is 204 Å². The Balaban J connectivity index is 1.14. The number of aromatic amines is 1. The SMILES string of the molecule is COc1cc2cc(C(=O)N3CCC[C@H]3CCN3CCC(C(=O)c4ccc(F)cc4)CC3)[nH]c2cn1. The molecule has 3 aromatic rings. The van der Waals surface area contributed by atoms with Gasteiger partial charge in [0.05, 0.1) is 18.8 Å². The Bertz CT molecular complexity index is 1200. The fourth-order valence-corrected chi connectivity index (χ4v) is 5.40. The summed E-state index contributed by atoms with van der Waals surface area (Å²) >= 11 is 0. The summed E-state index contributed by atoms with van der Waals surface area (Å²) < 4.78 is 18.3. The predicted molar refractivity (Wildman–Crippen MR) is 131 cm³/mol. The summed E-state index contributed by atoms with van der Waals surface area (Å²) in [6.45, 7) is 3.43. The second-order valence-corrected chi connectivity index (χ2v) is 9.57. The lowest BCUT2D eigenvalue weighted by atomic mass is 9.88. The van der Waals surface area contributed by atoms with Crippen molar-refractivity contribution in [1.82, 2.24) is 19.8 Å². The number of ketones is 1. The van der Waals surface area contributed by atoms with E-state index in [-0.39, 0.29) is 29.5 Å². The fraction of sp³-hybridized carbons (Fsp3) is 0.444. The van der Waals surface area contributed by atoms with E-state index in [0.29, 0.717) is 17.1 Å². The lowest BCUT2D eigenvalue weighted by molar-refractivity contribution is 0.0700. The molecule has 2 aromatic heterocycles. The van der Waals surface area contributed by atoms with Crippen LogP contribution in [0.5, 0.6) is 5.88 Å². The molecule has 2 aliphatic rings. The number of likely N-dealkylation sites (tertiary alicyclic amines) is 2. The molecule has 4 heterocycles. The number of H-pyrrole nitrogens is 1. The van der Waals surface area contributed by atoms with E-state index >= 15 is 0 Å². The number of piperidine rings is 1. The van der Waals surface area contributed by atoms with E-state index in [1.165, 1.54) is 12.1 Å². The molecule has 2 fully saturated rings. The molecule has 1 N–H and O–H groups in total. The van der Waals surface area contributed by atoms with E-state index in [2.05, 4.69) is 14.9 Å². The maximum Gasteiger partial charge on any atom is 0.270 e. The van der Waals surface area contributed by atoms with Gasteiger partial charge in [-0.1, -0.05) is 0 Å². The number of ether oxygens (including phenoxy) is 1. The normalized spacial score (nSPS) is 19.4. The molecule has 0 unspecified atom stereocenters. The number of amides is 1. The molecule has 0 spiro atoms. The molecule has 8 heteroatoms. The maximum atomic E-state index is 13.3. The van der Waals surface area contributed by atoms with Crippen LogP contribution in [0, 0.1) is 11.7 Å². The van der Waals surface area contributed by atoms with Crippen LogP contribution in [0.15, 0.2) is 42.6 Å². The van der Waals surface area contributed by atoms with Crippen LogP contribution in [0.3, 0.4) is 0 Å². The summed E-state index contributed by atoms with van der Waals surface area (Å²) in [5, 5.41) is 0.911. The minimum Gasteiger partial charge on any atom is -0.481 e. The zero-order chi connectivity index (χ0) is 24.4. The van der Waals surface area contributed by atoms with Crippen LogP contribution in [0.1, 0.15) is 53.0 Å². The van der Waals surface area contributed by atoms with Gasteiger partial charge < -0.3 is 19.5 Å². The molecule has 1 aromatic carbocycles. The summed E-state index contributed by atoms with van der Waals surface area (Å²) in [6.07, 6.45) is 6.28. The topological polar surface area (TPSA) is 78.5 Å². The van der Waals surface area contributed by atoms with Crippen molar-refractivity contribution >= 4 is 22.6 Å². The number of aromatic nitrogens is 2. The summed E-state index contributed by atoms with van der Waals surface area (Å²) in [5.74, 6) is 0.348. The number of carbonyl (C=O) groups excluding carboxylic acids is 2. The van der Waals surface area contributed by atoms with Crippen molar-refractivity contribution in [3.8, 4) is 5.88 Å². The van der Waals surface area contributed by atoms with Gasteiger partial charge in [-0.3, -0.25) is 9.59 Å². The van der Waals surface area contributed by atoms with E-state index < -0.39 is 0 Å². The minimum atomic E-state index is -0.322. The Morgan fingerprint density at radius 2 is 1.89 bits per heavy atom. The Morgan fingerprint density at radius 1 is 1.11 bits per heavy atom. The molecule has 1 atom stereocenters. The standard InChI is InChI=1S/C27H31FN4O3/c1-35-25-16-20-15-23(30-24(20)17-29-25)27(34)32-11-2-3-22(32)10-14-31-12-8-19(9-13-31)26(33)18-4-6-21(28)7-5-18/h4-7,15-17,19,22,30H,2-3,8-14H2,1H3/t22-/m0/s1. The highest BCUT2D eigenvalue weighted by molar-refractivity contribution is 5.98. The lowest BCUT2D eigenvalue weighted by Gasteiger charge is -2.33. The summed E-state index contributed by atoms with van der Waals surface area (Å²) in [6, 6.07) is 9.78. The molecule has 7 nitrogen and oxygen atoms in total. The van der Waals surface area contributed by atoms with Crippen LogP contribution < -0.4 is 4.74 Å². The van der Waals surface area contributed by atoms with Crippen LogP contribution in [0.25, 0.3) is 10.9 Å². The van der Waals surface area contributed by atoms with E-state index in [1.807, 2.05) is 17.0 Å². The first-order chi connectivity index (χ1) is 17.0. The number of Topliss-reactive ketones (excluding diaryl/α,β-unsaturated/α-hetero) is 1. The molecule has 5 rings (SSSR count). The minimum absolute atomic E-state index is 0.00334. The summed E-state index contributed by atoms with van der Waals surface area (Å²) in [7, 11) is 1.58. The molecular weight excluding hydrogens is 447 g/mol. The van der Waals surface area contributed by atoms with Gasteiger partial charge in [-0.2, -0.15) is 0 Å². The number of nitrogens with one attached hydrogen (secondary N) is 1. The molecule has 2 aliphatic heterocycles. The van der Waals surface area contributed by atoms with E-state index in [0.717, 1.165) is 69.2 Å². The number of benzene rings is 1. The van der Waals surface area contributed by atoms with Crippen molar-refractivity contribution in [2.45, 2.75) is 38.1 Å². The van der Waals surface area contributed by atoms with Gasteiger partial charge in [-0.15, -0.1) is 0 Å². The lowest BCUT2D eigenvalue weighted by Crippen LogP contribution is -2.41. The first kappa shape index (κ1) is 23.5. The predicted octanol–water partition coefficient (Wildman–Crippen LogP) is 4.30. The molecule has 0 bridgehead atoms. The second kappa shape index (κ2) is 10.2. The Hall–Kier alpha value is -3.26. The zero-order valence-corrected chi connectivity index (χ0v) is 20.0. The van der Waals surface area contributed by atoms with Crippen molar-refractivity contribution in [3.63, 3.8) is 0 Å². The highest BCUT2D eigenvalue weighted by Gasteiger charge is 2.31. The number of pyridine rings is 1. The number of hydrogen-bond acceptors (Lipinski definition) is 5. The van der Waals surface area contributed by atoms with Crippen molar-refractivity contribution in [3.05, 3.63) is 59.7 Å². The van der Waals surface area contributed by atoms with E-state index in [9.17, 15) is 14.0 Å². The summed E-state index contributed by atoms with van der Waals surface area (Å²) in [4.78, 5) is 37.8. The largest absolute Gasteiger partial charge is 0.481 e. The van der Waals surface area contributed by atoms with Gasteiger partial charge in [0, 0.05) is 42.1 Å². The molecule has 35 heavy (non-hydrogen) atoms. The number of rotatable bonds is 7. The van der Waals surface area contributed by atoms with E-state index in [1.54, 1.807) is 25.4 Å². The third-order valence-electron chi connectivity index (χ3n) is 7.42. The number of methoxy groups -OCH3 is 1. The van der Waals surface area contributed by atoms with Gasteiger partial charge in [-0.05, 0) is 75.5 Å². The molecule has 2 saturated heterocycles. The average molecular weight is 479 g/mol. The van der Waals surface area contributed by atoms with Crippen molar-refractivity contribution in [1.29, 1.82) is 0 Å². The average Bonchev–Trinajstić information content (AvgIpc) is 3.54. The maximum absolute atomic E-state index is 13.3. The van der Waals surface area contributed by atoms with Gasteiger partial charge in [0.15, 0.2) is 5.78 Å². The number of carbonyl (C=O) groups is 2. The highest BCUT2D eigenvalue weighted by atomic mass is 19.1. The summed E-state index contributed by atoms with van der Waals surface area (Å²) in [5.41, 5.74) is 2.00. The smallest absolute Gasteiger partial charge is 0.270 e. The molecule has 0 radical (unpaired) electrons. The molecular formula is C27H31FN4O3. The molecule has 0 aliphatic carbocycles. The third kappa shape index (κ3) is 5.07. The second-order valence-electron chi connectivity index (χ2n) is 9.57. The quantitative estimate of drug-likeness (QED) is 0.513. The number of hydrogen-bond donors (Lipinski definition) is 1. The van der Waals surface area contributed by atoms with Crippen molar-refractivity contribution in [2.75, 3.05) is 33.3 Å². The first-order valence-electron chi connectivity index (χ1n) is 12.4. The molecule has 184 valence electrons. The van der Waals surface area contributed by atoms with Crippen LogP contribution in [0.4, 0.5) is 4.39 Å². The number of halogens is 1. The third-order valence-corrected chi connectivity index (χ3v) is 7.42. The fourth-order valence-electron chi connectivity index (χ4n) is 5.40. The van der Waals surface area contributed by atoms with Gasteiger partial charge in [0.25, 0.3) is 5.91 Å². The van der Waals surface area contributed by atoms with Crippen molar-refractivity contribution in [2.24, 2.45) is 5.92 Å². The van der Waals surface area contributed by atoms with Gasteiger partial charge in [0.2, 0.25) is 5.88 Å². The van der Waals surface area contributed by atoms with Crippen LogP contribution in [0.2, 0.25) is 0 Å². The Morgan fingerprint density at radius 3 is 2.63 bits per heavy atom. The van der Waals surface area contributed by atoms with Gasteiger partial charge in [0.1, 0.15) is 11.5 Å². The highest BCUT2D eigenvalue weighted by Crippen LogP contribution is 2.27. The number of nitrogens with zero attached hydrogens (tertiary/aromatic N) is 3. The van der Waals surface area contributed by atoms with Crippen LogP contribution >= 0.6 is 0 Å². The van der Waals surface area contributed by atoms with Crippen molar-refractivity contribution < 1.29 is 18.7 Å². The number of fused-ring (bicyclic) bond motifs is 1. The monoisotopic (exact) mass is 478 g/mol. The van der Waals surface area contributed by atoms with E-state index in [4.69, 9.17) is 4.74 Å². The first-order valence-corrected chi connectivity index (χ1v) is 12.4. The molecule has 0 saturated carbocycles.